The number of fused-ring (bicyclic) bond motifs is 1. The molecule has 5 heteroatoms. The highest BCUT2D eigenvalue weighted by molar-refractivity contribution is 5.49. The molecule has 1 amide bonds. The molecule has 1 heterocycles. The van der Waals surface area contributed by atoms with Gasteiger partial charge in [-0.25, -0.2) is 9.07 Å². The molecule has 1 aliphatic carbocycles. The fourth-order valence-corrected chi connectivity index (χ4v) is 2.64. The van der Waals surface area contributed by atoms with E-state index in [1.165, 1.54) is 6.07 Å². The van der Waals surface area contributed by atoms with Gasteiger partial charge in [0, 0.05) is 11.3 Å². The molecular weight excluding hydrogens is 245 g/mol. The van der Waals surface area contributed by atoms with E-state index in [1.807, 2.05) is 0 Å². The molecule has 4 nitrogen and oxygen atoms in total. The van der Waals surface area contributed by atoms with Gasteiger partial charge in [0.05, 0.1) is 12.2 Å². The Labute approximate surface area is 110 Å². The zero-order valence-corrected chi connectivity index (χ0v) is 10.3. The maximum atomic E-state index is 13.8. The van der Waals surface area contributed by atoms with Crippen LogP contribution in [0.3, 0.4) is 0 Å². The van der Waals surface area contributed by atoms with Crippen LogP contribution in [0.1, 0.15) is 30.1 Å². The first kappa shape index (κ1) is 11.9. The summed E-state index contributed by atoms with van der Waals surface area (Å²) >= 11 is 0. The summed E-state index contributed by atoms with van der Waals surface area (Å²) in [7, 11) is 0. The average molecular weight is 259 g/mol. The minimum absolute atomic E-state index is 0.0122. The van der Waals surface area contributed by atoms with E-state index in [1.54, 1.807) is 29.1 Å². The lowest BCUT2D eigenvalue weighted by Gasteiger charge is -2.22. The van der Waals surface area contributed by atoms with Gasteiger partial charge in [-0.2, -0.15) is 5.10 Å². The molecule has 0 bridgehead atoms. The number of para-hydroxylation sites is 1. The third-order valence-electron chi connectivity index (χ3n) is 3.53. The van der Waals surface area contributed by atoms with Crippen molar-refractivity contribution in [3.05, 3.63) is 47.5 Å². The fourth-order valence-electron chi connectivity index (χ4n) is 2.64. The van der Waals surface area contributed by atoms with Crippen molar-refractivity contribution in [1.29, 1.82) is 0 Å². The average Bonchev–Trinajstić information content (AvgIpc) is 2.85. The summed E-state index contributed by atoms with van der Waals surface area (Å²) in [5, 5.41) is 7.07. The van der Waals surface area contributed by atoms with E-state index < -0.39 is 0 Å². The summed E-state index contributed by atoms with van der Waals surface area (Å²) in [5.41, 5.74) is 2.42. The first-order valence-electron chi connectivity index (χ1n) is 6.32. The molecule has 2 aromatic rings. The summed E-state index contributed by atoms with van der Waals surface area (Å²) in [6, 6.07) is 6.57. The highest BCUT2D eigenvalue weighted by Crippen LogP contribution is 2.31. The Bertz CT molecular complexity index is 608. The molecule has 19 heavy (non-hydrogen) atoms. The van der Waals surface area contributed by atoms with Crippen LogP contribution in [0.5, 0.6) is 0 Å². The zero-order chi connectivity index (χ0) is 13.2. The van der Waals surface area contributed by atoms with Gasteiger partial charge in [-0.3, -0.25) is 4.79 Å². The standard InChI is InChI=1S/C14H14FN3O/c15-11-4-1-2-6-14(11)18-13-7-3-5-12(16-9-19)10(13)8-17-18/h1-2,4,6,8-9,12H,3,5,7H2,(H,16,19)/t12-/m1/s1. The van der Waals surface area contributed by atoms with Crippen LogP contribution >= 0.6 is 0 Å². The fraction of sp³-hybridized carbons (Fsp3) is 0.286. The molecule has 1 atom stereocenters. The Balaban J connectivity index is 2.06. The number of nitrogens with zero attached hydrogens (tertiary/aromatic N) is 2. The van der Waals surface area contributed by atoms with Crippen molar-refractivity contribution in [2.75, 3.05) is 0 Å². The topological polar surface area (TPSA) is 46.9 Å². The lowest BCUT2D eigenvalue weighted by atomic mass is 9.93. The van der Waals surface area contributed by atoms with Crippen LogP contribution in [0.25, 0.3) is 5.69 Å². The summed E-state index contributed by atoms with van der Waals surface area (Å²) in [4.78, 5) is 10.6. The van der Waals surface area contributed by atoms with E-state index in [2.05, 4.69) is 10.4 Å². The van der Waals surface area contributed by atoms with Crippen LogP contribution in [0.15, 0.2) is 30.5 Å². The molecule has 0 fully saturated rings. The normalized spacial score (nSPS) is 17.8. The Morgan fingerprint density at radius 2 is 2.26 bits per heavy atom. The SMILES string of the molecule is O=CN[C@@H]1CCCc2c1cnn2-c1ccccc1F. The van der Waals surface area contributed by atoms with E-state index in [9.17, 15) is 9.18 Å². The number of amides is 1. The molecule has 0 radical (unpaired) electrons. The Morgan fingerprint density at radius 3 is 3.05 bits per heavy atom. The number of benzene rings is 1. The summed E-state index contributed by atoms with van der Waals surface area (Å²) in [6.45, 7) is 0. The smallest absolute Gasteiger partial charge is 0.207 e. The maximum Gasteiger partial charge on any atom is 0.207 e. The number of rotatable bonds is 3. The van der Waals surface area contributed by atoms with E-state index in [-0.39, 0.29) is 11.9 Å². The second-order valence-electron chi connectivity index (χ2n) is 4.64. The number of aromatic nitrogens is 2. The number of hydrogen-bond donors (Lipinski definition) is 1. The molecule has 1 N–H and O–H groups in total. The molecule has 0 saturated carbocycles. The summed E-state index contributed by atoms with van der Waals surface area (Å²) < 4.78 is 15.5. The van der Waals surface area contributed by atoms with E-state index in [0.717, 1.165) is 30.5 Å². The lowest BCUT2D eigenvalue weighted by molar-refractivity contribution is -0.110. The molecule has 0 unspecified atom stereocenters. The minimum Gasteiger partial charge on any atom is -0.352 e. The third-order valence-corrected chi connectivity index (χ3v) is 3.53. The van der Waals surface area contributed by atoms with Gasteiger partial charge >= 0.3 is 0 Å². The number of carbonyl (C=O) groups is 1. The van der Waals surface area contributed by atoms with Gasteiger partial charge in [-0.1, -0.05) is 12.1 Å². The Kier molecular flexibility index (Phi) is 3.03. The van der Waals surface area contributed by atoms with Gasteiger partial charge in [-0.15, -0.1) is 0 Å². The van der Waals surface area contributed by atoms with E-state index in [0.29, 0.717) is 12.1 Å². The Hall–Kier alpha value is -2.17. The van der Waals surface area contributed by atoms with Gasteiger partial charge in [0.1, 0.15) is 11.5 Å². The van der Waals surface area contributed by atoms with E-state index >= 15 is 0 Å². The number of carbonyl (C=O) groups excluding carboxylic acids is 1. The number of halogens is 1. The lowest BCUT2D eigenvalue weighted by Crippen LogP contribution is -2.24. The molecular formula is C14H14FN3O. The van der Waals surface area contributed by atoms with Crippen molar-refractivity contribution in [1.82, 2.24) is 15.1 Å². The largest absolute Gasteiger partial charge is 0.352 e. The Morgan fingerprint density at radius 1 is 1.42 bits per heavy atom. The van der Waals surface area contributed by atoms with Crippen LogP contribution in [0.2, 0.25) is 0 Å². The van der Waals surface area contributed by atoms with Crippen LogP contribution in [0, 0.1) is 5.82 Å². The van der Waals surface area contributed by atoms with Crippen molar-refractivity contribution in [2.24, 2.45) is 0 Å². The summed E-state index contributed by atoms with van der Waals surface area (Å²) in [5.74, 6) is -0.293. The molecule has 0 aliphatic heterocycles. The van der Waals surface area contributed by atoms with Crippen molar-refractivity contribution < 1.29 is 9.18 Å². The van der Waals surface area contributed by atoms with Crippen LogP contribution in [-0.4, -0.2) is 16.2 Å². The first-order valence-corrected chi connectivity index (χ1v) is 6.32. The molecule has 98 valence electrons. The highest BCUT2D eigenvalue weighted by atomic mass is 19.1. The third kappa shape index (κ3) is 2.01. The maximum absolute atomic E-state index is 13.8. The molecule has 1 aromatic heterocycles. The van der Waals surface area contributed by atoms with Gasteiger partial charge < -0.3 is 5.32 Å². The molecule has 1 aliphatic rings. The predicted molar refractivity (Wildman–Crippen MR) is 68.4 cm³/mol. The van der Waals surface area contributed by atoms with E-state index in [4.69, 9.17) is 0 Å². The van der Waals surface area contributed by atoms with Crippen LogP contribution in [0.4, 0.5) is 4.39 Å². The zero-order valence-electron chi connectivity index (χ0n) is 10.3. The molecule has 1 aromatic carbocycles. The highest BCUT2D eigenvalue weighted by Gasteiger charge is 2.24. The van der Waals surface area contributed by atoms with Crippen molar-refractivity contribution >= 4 is 6.41 Å². The monoisotopic (exact) mass is 259 g/mol. The van der Waals surface area contributed by atoms with Crippen molar-refractivity contribution in [2.45, 2.75) is 25.3 Å². The molecule has 0 spiro atoms. The summed E-state index contributed by atoms with van der Waals surface area (Å²) in [6.07, 6.45) is 5.14. The minimum atomic E-state index is -0.293. The van der Waals surface area contributed by atoms with Gasteiger partial charge in [0.15, 0.2) is 0 Å². The second kappa shape index (κ2) is 4.84. The molecule has 0 saturated heterocycles. The van der Waals surface area contributed by atoms with Crippen molar-refractivity contribution in [3.8, 4) is 5.69 Å². The predicted octanol–water partition coefficient (Wildman–Crippen LogP) is 2.13. The van der Waals surface area contributed by atoms with Gasteiger partial charge in [0.2, 0.25) is 6.41 Å². The van der Waals surface area contributed by atoms with Gasteiger partial charge in [0.25, 0.3) is 0 Å². The van der Waals surface area contributed by atoms with Crippen LogP contribution < -0.4 is 5.32 Å². The quantitative estimate of drug-likeness (QED) is 0.858. The van der Waals surface area contributed by atoms with Crippen molar-refractivity contribution in [3.63, 3.8) is 0 Å². The van der Waals surface area contributed by atoms with Crippen LogP contribution in [-0.2, 0) is 11.2 Å². The number of hydrogen-bond acceptors (Lipinski definition) is 2. The molecule has 3 rings (SSSR count). The van der Waals surface area contributed by atoms with Gasteiger partial charge in [-0.05, 0) is 31.4 Å². The first-order chi connectivity index (χ1) is 9.31. The number of nitrogens with one attached hydrogen (secondary N) is 1. The second-order valence-corrected chi connectivity index (χ2v) is 4.64.